The lowest BCUT2D eigenvalue weighted by Gasteiger charge is -2.26. The fraction of sp³-hybridized carbons (Fsp3) is 0.600. The van der Waals surface area contributed by atoms with Gasteiger partial charge >= 0.3 is 0 Å². The molecule has 108 valence electrons. The molecule has 1 aliphatic rings. The van der Waals surface area contributed by atoms with Crippen molar-refractivity contribution in [1.29, 1.82) is 0 Å². The molecule has 5 heteroatoms. The van der Waals surface area contributed by atoms with Gasteiger partial charge in [-0.05, 0) is 42.8 Å². The number of nitrogens with zero attached hydrogens (tertiary/aromatic N) is 3. The molecule has 3 rings (SSSR count). The van der Waals surface area contributed by atoms with E-state index in [1.807, 2.05) is 0 Å². The number of aryl methyl sites for hydroxylation is 1. The highest BCUT2D eigenvalue weighted by Gasteiger charge is 2.32. The molecule has 1 fully saturated rings. The van der Waals surface area contributed by atoms with Gasteiger partial charge in [0.2, 0.25) is 5.28 Å². The normalized spacial score (nSPS) is 15.2. The van der Waals surface area contributed by atoms with Gasteiger partial charge in [-0.1, -0.05) is 20.8 Å². The highest BCUT2D eigenvalue weighted by Crippen LogP contribution is 2.38. The smallest absolute Gasteiger partial charge is 0.225 e. The number of fused-ring (bicyclic) bond motifs is 1. The fourth-order valence-electron chi connectivity index (χ4n) is 2.51. The number of thiophene rings is 1. The van der Waals surface area contributed by atoms with Crippen LogP contribution in [0.15, 0.2) is 6.07 Å². The van der Waals surface area contributed by atoms with Gasteiger partial charge < -0.3 is 4.90 Å². The van der Waals surface area contributed by atoms with Gasteiger partial charge in [-0.25, -0.2) is 4.98 Å². The molecule has 2 heterocycles. The highest BCUT2D eigenvalue weighted by atomic mass is 35.5. The Bertz CT molecular complexity index is 619. The molecule has 20 heavy (non-hydrogen) atoms. The van der Waals surface area contributed by atoms with Crippen LogP contribution < -0.4 is 4.90 Å². The van der Waals surface area contributed by atoms with Gasteiger partial charge in [-0.2, -0.15) is 4.98 Å². The van der Waals surface area contributed by atoms with Crippen LogP contribution in [0.1, 0.15) is 38.5 Å². The van der Waals surface area contributed by atoms with Gasteiger partial charge in [0.25, 0.3) is 0 Å². The third kappa shape index (κ3) is 2.77. The zero-order chi connectivity index (χ0) is 14.3. The molecule has 1 saturated carbocycles. The van der Waals surface area contributed by atoms with E-state index < -0.39 is 0 Å². The molecular formula is C15H20ClN3S. The van der Waals surface area contributed by atoms with Gasteiger partial charge in [0.15, 0.2) is 0 Å². The number of anilines is 1. The maximum Gasteiger partial charge on any atom is 0.225 e. The van der Waals surface area contributed by atoms with Crippen molar-refractivity contribution in [2.75, 3.05) is 11.4 Å². The molecule has 0 amide bonds. The lowest BCUT2D eigenvalue weighted by molar-refractivity contribution is 0.604. The molecule has 0 radical (unpaired) electrons. The molecule has 2 aromatic rings. The summed E-state index contributed by atoms with van der Waals surface area (Å²) in [4.78, 5) is 13.7. The first-order valence-electron chi connectivity index (χ1n) is 7.31. The van der Waals surface area contributed by atoms with Crippen LogP contribution in [0.25, 0.3) is 10.2 Å². The van der Waals surface area contributed by atoms with Crippen molar-refractivity contribution in [3.05, 3.63) is 16.2 Å². The summed E-state index contributed by atoms with van der Waals surface area (Å²) in [5.41, 5.74) is 0. The van der Waals surface area contributed by atoms with E-state index in [9.17, 15) is 0 Å². The van der Waals surface area contributed by atoms with Crippen molar-refractivity contribution in [2.45, 2.75) is 46.1 Å². The van der Waals surface area contributed by atoms with E-state index in [1.54, 1.807) is 11.3 Å². The van der Waals surface area contributed by atoms with Crippen LogP contribution in [0.4, 0.5) is 5.82 Å². The minimum Gasteiger partial charge on any atom is -0.353 e. The lowest BCUT2D eigenvalue weighted by Crippen LogP contribution is -2.30. The molecule has 0 saturated heterocycles. The van der Waals surface area contributed by atoms with Crippen LogP contribution in [0, 0.1) is 5.92 Å². The molecule has 0 aromatic carbocycles. The summed E-state index contributed by atoms with van der Waals surface area (Å²) in [5.74, 6) is 1.65. The van der Waals surface area contributed by atoms with E-state index in [1.165, 1.54) is 23.1 Å². The number of rotatable bonds is 5. The van der Waals surface area contributed by atoms with Gasteiger partial charge in [-0.15, -0.1) is 11.3 Å². The molecule has 2 aromatic heterocycles. The highest BCUT2D eigenvalue weighted by molar-refractivity contribution is 7.18. The standard InChI is InChI=1S/C15H20ClN3S/c1-4-11-7-12-13(17-15(16)18-14(12)20-11)19(8-9(2)3)10-5-6-10/h7,9-10H,4-6,8H2,1-3H3. The summed E-state index contributed by atoms with van der Waals surface area (Å²) in [6.07, 6.45) is 3.56. The van der Waals surface area contributed by atoms with Gasteiger partial charge in [0, 0.05) is 17.5 Å². The number of aromatic nitrogens is 2. The van der Waals surface area contributed by atoms with Crippen molar-refractivity contribution in [3.63, 3.8) is 0 Å². The predicted molar refractivity (Wildman–Crippen MR) is 87.0 cm³/mol. The molecule has 0 bridgehead atoms. The number of hydrogen-bond acceptors (Lipinski definition) is 4. The Morgan fingerprint density at radius 3 is 2.75 bits per heavy atom. The Kier molecular flexibility index (Phi) is 3.87. The van der Waals surface area contributed by atoms with Gasteiger partial charge in [-0.3, -0.25) is 0 Å². The Morgan fingerprint density at radius 1 is 1.40 bits per heavy atom. The minimum atomic E-state index is 0.367. The number of hydrogen-bond donors (Lipinski definition) is 0. The van der Waals surface area contributed by atoms with Crippen LogP contribution in [0.3, 0.4) is 0 Å². The van der Waals surface area contributed by atoms with E-state index in [0.29, 0.717) is 17.2 Å². The Hall–Kier alpha value is -0.870. The summed E-state index contributed by atoms with van der Waals surface area (Å²) in [5, 5.41) is 1.54. The summed E-state index contributed by atoms with van der Waals surface area (Å²) >= 11 is 7.87. The average Bonchev–Trinajstić information content (AvgIpc) is 3.14. The third-order valence-corrected chi connectivity index (χ3v) is 4.91. The zero-order valence-electron chi connectivity index (χ0n) is 12.2. The second-order valence-corrected chi connectivity index (χ2v) is 7.33. The molecule has 0 spiro atoms. The molecule has 1 aliphatic carbocycles. The molecule has 0 N–H and O–H groups in total. The molecule has 0 unspecified atom stereocenters. The Morgan fingerprint density at radius 2 is 2.15 bits per heavy atom. The lowest BCUT2D eigenvalue weighted by atomic mass is 10.2. The van der Waals surface area contributed by atoms with E-state index in [2.05, 4.69) is 41.7 Å². The van der Waals surface area contributed by atoms with E-state index in [4.69, 9.17) is 11.6 Å². The first kappa shape index (κ1) is 14.1. The van der Waals surface area contributed by atoms with E-state index in [0.717, 1.165) is 23.6 Å². The maximum absolute atomic E-state index is 6.14. The fourth-order valence-corrected chi connectivity index (χ4v) is 3.69. The van der Waals surface area contributed by atoms with Crippen molar-refractivity contribution in [3.8, 4) is 0 Å². The first-order chi connectivity index (χ1) is 9.58. The van der Waals surface area contributed by atoms with Crippen LogP contribution in [0.5, 0.6) is 0 Å². The first-order valence-corrected chi connectivity index (χ1v) is 8.50. The van der Waals surface area contributed by atoms with Crippen molar-refractivity contribution < 1.29 is 0 Å². The Labute approximate surface area is 129 Å². The van der Waals surface area contributed by atoms with Crippen molar-refractivity contribution in [2.24, 2.45) is 5.92 Å². The second kappa shape index (κ2) is 5.49. The summed E-state index contributed by atoms with van der Waals surface area (Å²) in [7, 11) is 0. The number of halogens is 1. The summed E-state index contributed by atoms with van der Waals surface area (Å²) in [6.45, 7) is 7.71. The molecular weight excluding hydrogens is 290 g/mol. The van der Waals surface area contributed by atoms with Crippen LogP contribution in [-0.4, -0.2) is 22.6 Å². The van der Waals surface area contributed by atoms with E-state index >= 15 is 0 Å². The Balaban J connectivity index is 2.09. The van der Waals surface area contributed by atoms with Crippen LogP contribution >= 0.6 is 22.9 Å². The zero-order valence-corrected chi connectivity index (χ0v) is 13.8. The summed E-state index contributed by atoms with van der Waals surface area (Å²) in [6, 6.07) is 2.87. The topological polar surface area (TPSA) is 29.0 Å². The predicted octanol–water partition coefficient (Wildman–Crippen LogP) is 4.53. The molecule has 0 atom stereocenters. The van der Waals surface area contributed by atoms with Crippen LogP contribution in [-0.2, 0) is 6.42 Å². The van der Waals surface area contributed by atoms with Gasteiger partial charge in [0.05, 0.1) is 5.39 Å². The van der Waals surface area contributed by atoms with E-state index in [-0.39, 0.29) is 0 Å². The largest absolute Gasteiger partial charge is 0.353 e. The van der Waals surface area contributed by atoms with Crippen molar-refractivity contribution >= 4 is 39.0 Å². The monoisotopic (exact) mass is 309 g/mol. The quantitative estimate of drug-likeness (QED) is 0.760. The SMILES string of the molecule is CCc1cc2c(N(CC(C)C)C3CC3)nc(Cl)nc2s1. The minimum absolute atomic E-state index is 0.367. The summed E-state index contributed by atoms with van der Waals surface area (Å²) < 4.78 is 0. The van der Waals surface area contributed by atoms with Crippen LogP contribution in [0.2, 0.25) is 5.28 Å². The second-order valence-electron chi connectivity index (χ2n) is 5.88. The van der Waals surface area contributed by atoms with Gasteiger partial charge in [0.1, 0.15) is 10.6 Å². The molecule has 0 aliphatic heterocycles. The van der Waals surface area contributed by atoms with Crippen molar-refractivity contribution in [1.82, 2.24) is 9.97 Å². The third-order valence-electron chi connectivity index (χ3n) is 3.57. The molecule has 3 nitrogen and oxygen atoms in total. The maximum atomic E-state index is 6.14. The average molecular weight is 310 g/mol.